The maximum Gasteiger partial charge on any atom is 0.326 e. The quantitative estimate of drug-likeness (QED) is 0.507. The molecule has 0 radical (unpaired) electrons. The maximum atomic E-state index is 12.7. The van der Waals surface area contributed by atoms with Crippen LogP contribution in [-0.2, 0) is 20.9 Å². The van der Waals surface area contributed by atoms with Gasteiger partial charge in [-0.15, -0.1) is 0 Å². The lowest BCUT2D eigenvalue weighted by Crippen LogP contribution is -2.44. The number of benzene rings is 2. The van der Waals surface area contributed by atoms with Gasteiger partial charge in [-0.05, 0) is 38.1 Å². The van der Waals surface area contributed by atoms with Crippen molar-refractivity contribution < 1.29 is 19.1 Å². The second kappa shape index (κ2) is 8.55. The number of fused-ring (bicyclic) bond motifs is 2. The van der Waals surface area contributed by atoms with E-state index in [1.54, 1.807) is 66.9 Å². The van der Waals surface area contributed by atoms with Crippen molar-refractivity contribution >= 4 is 39.7 Å². The SMILES string of the molecule is CC(C)NC(=O)NC(=O)COC(=O)Cn1c2ccccc2c(=O)c2ccccc21. The predicted octanol–water partition coefficient (Wildman–Crippen LogP) is 1.93. The minimum Gasteiger partial charge on any atom is -0.454 e. The molecule has 8 nitrogen and oxygen atoms in total. The van der Waals surface area contributed by atoms with Crippen LogP contribution in [-0.4, -0.2) is 35.1 Å². The van der Waals surface area contributed by atoms with Crippen molar-refractivity contribution in [1.82, 2.24) is 15.2 Å². The smallest absolute Gasteiger partial charge is 0.326 e. The number of para-hydroxylation sites is 2. The largest absolute Gasteiger partial charge is 0.454 e. The number of nitrogens with zero attached hydrogens (tertiary/aromatic N) is 1. The number of nitrogens with one attached hydrogen (secondary N) is 2. The van der Waals surface area contributed by atoms with Gasteiger partial charge in [-0.25, -0.2) is 4.79 Å². The van der Waals surface area contributed by atoms with E-state index in [0.717, 1.165) is 0 Å². The van der Waals surface area contributed by atoms with Gasteiger partial charge in [0.2, 0.25) is 0 Å². The monoisotopic (exact) mass is 395 g/mol. The number of rotatable bonds is 5. The van der Waals surface area contributed by atoms with Gasteiger partial charge in [0.1, 0.15) is 6.54 Å². The molecule has 29 heavy (non-hydrogen) atoms. The number of amides is 3. The number of ether oxygens (including phenoxy) is 1. The second-order valence-corrected chi connectivity index (χ2v) is 6.79. The number of hydrogen-bond acceptors (Lipinski definition) is 5. The van der Waals surface area contributed by atoms with E-state index in [9.17, 15) is 19.2 Å². The Morgan fingerprint density at radius 3 is 2.07 bits per heavy atom. The molecule has 0 fully saturated rings. The van der Waals surface area contributed by atoms with Crippen molar-refractivity contribution in [2.45, 2.75) is 26.4 Å². The average Bonchev–Trinajstić information content (AvgIpc) is 2.69. The van der Waals surface area contributed by atoms with Gasteiger partial charge in [-0.2, -0.15) is 0 Å². The summed E-state index contributed by atoms with van der Waals surface area (Å²) in [5.41, 5.74) is 1.07. The van der Waals surface area contributed by atoms with Crippen molar-refractivity contribution in [2.24, 2.45) is 0 Å². The summed E-state index contributed by atoms with van der Waals surface area (Å²) in [4.78, 5) is 48.3. The highest BCUT2D eigenvalue weighted by molar-refractivity contribution is 5.96. The Hall–Kier alpha value is -3.68. The molecule has 0 saturated carbocycles. The lowest BCUT2D eigenvalue weighted by atomic mass is 10.1. The molecule has 3 aromatic rings. The third-order valence-corrected chi connectivity index (χ3v) is 4.20. The third kappa shape index (κ3) is 4.60. The first-order valence-corrected chi connectivity index (χ1v) is 9.13. The van der Waals surface area contributed by atoms with Crippen LogP contribution in [0.3, 0.4) is 0 Å². The van der Waals surface area contributed by atoms with E-state index < -0.39 is 24.5 Å². The molecule has 1 heterocycles. The summed E-state index contributed by atoms with van der Waals surface area (Å²) in [6.45, 7) is 2.74. The fraction of sp³-hybridized carbons (Fsp3) is 0.238. The summed E-state index contributed by atoms with van der Waals surface area (Å²) in [7, 11) is 0. The molecule has 0 bridgehead atoms. The van der Waals surface area contributed by atoms with Gasteiger partial charge < -0.3 is 14.6 Å². The lowest BCUT2D eigenvalue weighted by molar-refractivity contribution is -0.148. The van der Waals surface area contributed by atoms with E-state index in [1.165, 1.54) is 0 Å². The van der Waals surface area contributed by atoms with Crippen LogP contribution in [0.2, 0.25) is 0 Å². The maximum absolute atomic E-state index is 12.7. The zero-order valence-corrected chi connectivity index (χ0v) is 16.1. The van der Waals surface area contributed by atoms with Crippen molar-refractivity contribution in [3.05, 3.63) is 58.8 Å². The Morgan fingerprint density at radius 1 is 0.966 bits per heavy atom. The predicted molar refractivity (Wildman–Crippen MR) is 108 cm³/mol. The number of carbonyl (C=O) groups is 3. The summed E-state index contributed by atoms with van der Waals surface area (Å²) in [6, 6.07) is 13.2. The Morgan fingerprint density at radius 2 is 1.52 bits per heavy atom. The normalized spacial score (nSPS) is 10.9. The van der Waals surface area contributed by atoms with E-state index in [-0.39, 0.29) is 18.0 Å². The average molecular weight is 395 g/mol. The van der Waals surface area contributed by atoms with Gasteiger partial charge in [-0.3, -0.25) is 19.7 Å². The first kappa shape index (κ1) is 20.1. The third-order valence-electron chi connectivity index (χ3n) is 4.20. The summed E-state index contributed by atoms with van der Waals surface area (Å²) in [5.74, 6) is -1.39. The van der Waals surface area contributed by atoms with Crippen LogP contribution in [0.15, 0.2) is 53.3 Å². The van der Waals surface area contributed by atoms with E-state index in [2.05, 4.69) is 10.6 Å². The summed E-state index contributed by atoms with van der Waals surface area (Å²) in [5, 5.41) is 5.56. The van der Waals surface area contributed by atoms with Gasteiger partial charge in [0.25, 0.3) is 5.91 Å². The summed E-state index contributed by atoms with van der Waals surface area (Å²) >= 11 is 0. The van der Waals surface area contributed by atoms with Crippen LogP contribution in [0.4, 0.5) is 4.79 Å². The van der Waals surface area contributed by atoms with Gasteiger partial charge in [-0.1, -0.05) is 24.3 Å². The first-order chi connectivity index (χ1) is 13.9. The molecular weight excluding hydrogens is 374 g/mol. The van der Waals surface area contributed by atoms with Crippen LogP contribution in [0.5, 0.6) is 0 Å². The van der Waals surface area contributed by atoms with Gasteiger partial charge >= 0.3 is 12.0 Å². The molecule has 0 atom stereocenters. The fourth-order valence-corrected chi connectivity index (χ4v) is 3.03. The molecule has 3 rings (SSSR count). The standard InChI is InChI=1S/C21H21N3O5/c1-13(2)22-21(28)23-18(25)12-29-19(26)11-24-16-9-5-3-7-14(16)20(27)15-8-4-6-10-17(15)24/h3-10,13H,11-12H2,1-2H3,(H2,22,23,25,28). The molecule has 0 aliphatic heterocycles. The number of imide groups is 1. The molecule has 0 aliphatic carbocycles. The highest BCUT2D eigenvalue weighted by Crippen LogP contribution is 2.19. The van der Waals surface area contributed by atoms with Crippen LogP contribution < -0.4 is 16.1 Å². The molecule has 2 N–H and O–H groups in total. The second-order valence-electron chi connectivity index (χ2n) is 6.79. The van der Waals surface area contributed by atoms with Crippen LogP contribution >= 0.6 is 0 Å². The van der Waals surface area contributed by atoms with E-state index in [1.807, 2.05) is 0 Å². The molecule has 0 unspecified atom stereocenters. The Bertz CT molecular complexity index is 1090. The molecule has 150 valence electrons. The molecule has 8 heteroatoms. The van der Waals surface area contributed by atoms with Crippen molar-refractivity contribution in [2.75, 3.05) is 6.61 Å². The molecule has 1 aromatic heterocycles. The first-order valence-electron chi connectivity index (χ1n) is 9.13. The minimum absolute atomic E-state index is 0.114. The fourth-order valence-electron chi connectivity index (χ4n) is 3.03. The Kier molecular flexibility index (Phi) is 5.92. The number of carbonyl (C=O) groups excluding carboxylic acids is 3. The van der Waals surface area contributed by atoms with Crippen LogP contribution in [0, 0.1) is 0 Å². The van der Waals surface area contributed by atoms with Crippen molar-refractivity contribution in [3.8, 4) is 0 Å². The molecule has 2 aromatic carbocycles. The zero-order chi connectivity index (χ0) is 21.0. The lowest BCUT2D eigenvalue weighted by Gasteiger charge is -2.14. The minimum atomic E-state index is -0.730. The molecule has 3 amide bonds. The Labute approximate surface area is 166 Å². The topological polar surface area (TPSA) is 106 Å². The molecule has 0 aliphatic rings. The summed E-state index contributed by atoms with van der Waals surface area (Å²) in [6.07, 6.45) is 0. The molecular formula is C21H21N3O5. The number of hydrogen-bond donors (Lipinski definition) is 2. The Balaban J connectivity index is 1.78. The van der Waals surface area contributed by atoms with E-state index in [0.29, 0.717) is 21.8 Å². The van der Waals surface area contributed by atoms with E-state index >= 15 is 0 Å². The highest BCUT2D eigenvalue weighted by Gasteiger charge is 2.15. The van der Waals surface area contributed by atoms with Crippen LogP contribution in [0.25, 0.3) is 21.8 Å². The van der Waals surface area contributed by atoms with Gasteiger partial charge in [0.15, 0.2) is 12.0 Å². The van der Waals surface area contributed by atoms with Crippen LogP contribution in [0.1, 0.15) is 13.8 Å². The number of aromatic nitrogens is 1. The summed E-state index contributed by atoms with van der Waals surface area (Å²) < 4.78 is 6.69. The number of urea groups is 1. The van der Waals surface area contributed by atoms with Crippen molar-refractivity contribution in [1.29, 1.82) is 0 Å². The zero-order valence-electron chi connectivity index (χ0n) is 16.1. The van der Waals surface area contributed by atoms with Gasteiger partial charge in [0.05, 0.1) is 11.0 Å². The highest BCUT2D eigenvalue weighted by atomic mass is 16.5. The van der Waals surface area contributed by atoms with E-state index in [4.69, 9.17) is 4.74 Å². The van der Waals surface area contributed by atoms with Crippen molar-refractivity contribution in [3.63, 3.8) is 0 Å². The van der Waals surface area contributed by atoms with Gasteiger partial charge in [0, 0.05) is 16.8 Å². The number of pyridine rings is 1. The molecule has 0 spiro atoms. The number of esters is 1. The molecule has 0 saturated heterocycles.